The lowest BCUT2D eigenvalue weighted by atomic mass is 10.2. The fourth-order valence-corrected chi connectivity index (χ4v) is 0.674. The van der Waals surface area contributed by atoms with Crippen LogP contribution in [0.2, 0.25) is 0 Å². The molecule has 0 aromatic carbocycles. The Balaban J connectivity index is 1.98. The van der Waals surface area contributed by atoms with Crippen molar-refractivity contribution in [3.8, 4) is 0 Å². The summed E-state index contributed by atoms with van der Waals surface area (Å²) in [6.07, 6.45) is 1.92. The number of aliphatic hydroxyl groups is 1. The van der Waals surface area contributed by atoms with Gasteiger partial charge in [-0.2, -0.15) is 0 Å². The van der Waals surface area contributed by atoms with E-state index in [0.29, 0.717) is 6.10 Å². The lowest BCUT2D eigenvalue weighted by Crippen LogP contribution is -2.07. The van der Waals surface area contributed by atoms with E-state index in [1.807, 2.05) is 6.92 Å². The van der Waals surface area contributed by atoms with Gasteiger partial charge >= 0.3 is 0 Å². The minimum atomic E-state index is -0.137. The molecule has 0 radical (unpaired) electrons. The molecule has 1 saturated heterocycles. The zero-order chi connectivity index (χ0) is 5.98. The number of ether oxygens (including phenoxy) is 1. The summed E-state index contributed by atoms with van der Waals surface area (Å²) < 4.78 is 4.92. The van der Waals surface area contributed by atoms with Crippen molar-refractivity contribution in [1.82, 2.24) is 0 Å². The van der Waals surface area contributed by atoms with E-state index in [2.05, 4.69) is 0 Å². The third-order valence-electron chi connectivity index (χ3n) is 1.41. The lowest BCUT2D eigenvalue weighted by Gasteiger charge is -2.01. The third kappa shape index (κ3) is 1.80. The zero-order valence-corrected chi connectivity index (χ0v) is 5.13. The van der Waals surface area contributed by atoms with Crippen molar-refractivity contribution in [3.63, 3.8) is 0 Å². The van der Waals surface area contributed by atoms with Gasteiger partial charge < -0.3 is 9.84 Å². The standard InChI is InChI=1S/C6H12O2/c1-2-5(7)3-6-4-8-6/h5-7H,2-4H2,1H3/t5?,6-/m0/s1. The molecule has 0 bridgehead atoms. The minimum absolute atomic E-state index is 0.137. The predicted molar refractivity (Wildman–Crippen MR) is 30.7 cm³/mol. The van der Waals surface area contributed by atoms with E-state index >= 15 is 0 Å². The Morgan fingerprint density at radius 1 is 1.88 bits per heavy atom. The number of hydrogen-bond acceptors (Lipinski definition) is 2. The maximum Gasteiger partial charge on any atom is 0.0834 e. The first kappa shape index (κ1) is 6.05. The van der Waals surface area contributed by atoms with Gasteiger partial charge in [0, 0.05) is 6.42 Å². The molecule has 0 amide bonds. The van der Waals surface area contributed by atoms with Crippen molar-refractivity contribution in [2.75, 3.05) is 6.61 Å². The first-order chi connectivity index (χ1) is 3.83. The summed E-state index contributed by atoms with van der Waals surface area (Å²) in [5.41, 5.74) is 0. The molecule has 0 aromatic heterocycles. The Morgan fingerprint density at radius 3 is 2.88 bits per heavy atom. The smallest absolute Gasteiger partial charge is 0.0834 e. The van der Waals surface area contributed by atoms with E-state index in [1.165, 1.54) is 0 Å². The van der Waals surface area contributed by atoms with Crippen LogP contribution >= 0.6 is 0 Å². The van der Waals surface area contributed by atoms with Crippen molar-refractivity contribution in [3.05, 3.63) is 0 Å². The fraction of sp³-hybridized carbons (Fsp3) is 1.00. The highest BCUT2D eigenvalue weighted by Crippen LogP contribution is 2.16. The maximum atomic E-state index is 8.99. The van der Waals surface area contributed by atoms with Gasteiger partial charge in [-0.3, -0.25) is 0 Å². The lowest BCUT2D eigenvalue weighted by molar-refractivity contribution is 0.148. The number of rotatable bonds is 3. The molecule has 0 aromatic rings. The van der Waals surface area contributed by atoms with Gasteiger partial charge in [0.05, 0.1) is 18.8 Å². The van der Waals surface area contributed by atoms with Crippen LogP contribution in [0.25, 0.3) is 0 Å². The third-order valence-corrected chi connectivity index (χ3v) is 1.41. The van der Waals surface area contributed by atoms with Crippen LogP contribution in [0.15, 0.2) is 0 Å². The highest BCUT2D eigenvalue weighted by Gasteiger charge is 2.24. The van der Waals surface area contributed by atoms with Crippen LogP contribution in [-0.2, 0) is 4.74 Å². The van der Waals surface area contributed by atoms with Gasteiger partial charge in [0.2, 0.25) is 0 Å². The second-order valence-corrected chi connectivity index (χ2v) is 2.25. The summed E-state index contributed by atoms with van der Waals surface area (Å²) in [5, 5.41) is 8.99. The van der Waals surface area contributed by atoms with E-state index in [-0.39, 0.29) is 6.10 Å². The SMILES string of the molecule is CCC(O)C[C@H]1CO1. The van der Waals surface area contributed by atoms with Crippen molar-refractivity contribution < 1.29 is 9.84 Å². The van der Waals surface area contributed by atoms with Crippen molar-refractivity contribution in [2.24, 2.45) is 0 Å². The second-order valence-electron chi connectivity index (χ2n) is 2.25. The Kier molecular flexibility index (Phi) is 1.86. The van der Waals surface area contributed by atoms with Gasteiger partial charge in [-0.25, -0.2) is 0 Å². The quantitative estimate of drug-likeness (QED) is 0.546. The number of aliphatic hydroxyl groups excluding tert-OH is 1. The zero-order valence-electron chi connectivity index (χ0n) is 5.13. The van der Waals surface area contributed by atoms with Crippen LogP contribution in [0.3, 0.4) is 0 Å². The van der Waals surface area contributed by atoms with Crippen molar-refractivity contribution in [1.29, 1.82) is 0 Å². The molecule has 1 aliphatic heterocycles. The molecule has 0 aliphatic carbocycles. The van der Waals surface area contributed by atoms with E-state index in [4.69, 9.17) is 9.84 Å². The van der Waals surface area contributed by atoms with Crippen LogP contribution in [-0.4, -0.2) is 23.9 Å². The molecule has 1 aliphatic rings. The van der Waals surface area contributed by atoms with Gasteiger partial charge in [-0.15, -0.1) is 0 Å². The van der Waals surface area contributed by atoms with E-state index in [0.717, 1.165) is 19.4 Å². The molecular formula is C6H12O2. The summed E-state index contributed by atoms with van der Waals surface area (Å²) >= 11 is 0. The highest BCUT2D eigenvalue weighted by atomic mass is 16.6. The average Bonchev–Trinajstić information content (AvgIpc) is 2.50. The molecule has 1 N–H and O–H groups in total. The number of epoxide rings is 1. The molecule has 8 heavy (non-hydrogen) atoms. The average molecular weight is 116 g/mol. The molecule has 0 spiro atoms. The van der Waals surface area contributed by atoms with E-state index in [9.17, 15) is 0 Å². The normalized spacial score (nSPS) is 30.0. The molecule has 1 fully saturated rings. The molecule has 1 rings (SSSR count). The Bertz CT molecular complexity index is 68.9. The van der Waals surface area contributed by atoms with Gasteiger partial charge in [0.25, 0.3) is 0 Å². The summed E-state index contributed by atoms with van der Waals surface area (Å²) in [7, 11) is 0. The predicted octanol–water partition coefficient (Wildman–Crippen LogP) is 0.546. The summed E-state index contributed by atoms with van der Waals surface area (Å²) in [6.45, 7) is 2.84. The van der Waals surface area contributed by atoms with Gasteiger partial charge in [-0.1, -0.05) is 6.92 Å². The first-order valence-corrected chi connectivity index (χ1v) is 3.12. The topological polar surface area (TPSA) is 32.8 Å². The Labute approximate surface area is 49.5 Å². The summed E-state index contributed by atoms with van der Waals surface area (Å²) in [5.74, 6) is 0. The van der Waals surface area contributed by atoms with Crippen LogP contribution < -0.4 is 0 Å². The highest BCUT2D eigenvalue weighted by molar-refractivity contribution is 4.72. The monoisotopic (exact) mass is 116 g/mol. The van der Waals surface area contributed by atoms with Crippen molar-refractivity contribution >= 4 is 0 Å². The maximum absolute atomic E-state index is 8.99. The molecule has 1 unspecified atom stereocenters. The van der Waals surface area contributed by atoms with Crippen LogP contribution in [0.5, 0.6) is 0 Å². The van der Waals surface area contributed by atoms with Gasteiger partial charge in [0.15, 0.2) is 0 Å². The van der Waals surface area contributed by atoms with Gasteiger partial charge in [0.1, 0.15) is 0 Å². The second kappa shape index (κ2) is 2.46. The Hall–Kier alpha value is -0.0800. The summed E-state index contributed by atoms with van der Waals surface area (Å²) in [4.78, 5) is 0. The van der Waals surface area contributed by atoms with Crippen molar-refractivity contribution in [2.45, 2.75) is 32.0 Å². The molecule has 1 heterocycles. The van der Waals surface area contributed by atoms with E-state index in [1.54, 1.807) is 0 Å². The summed E-state index contributed by atoms with van der Waals surface area (Å²) in [6, 6.07) is 0. The Morgan fingerprint density at radius 2 is 2.50 bits per heavy atom. The fourth-order valence-electron chi connectivity index (χ4n) is 0.674. The molecule has 0 saturated carbocycles. The largest absolute Gasteiger partial charge is 0.393 e. The molecule has 2 nitrogen and oxygen atoms in total. The molecule has 2 atom stereocenters. The molecule has 2 heteroatoms. The first-order valence-electron chi connectivity index (χ1n) is 3.12. The van der Waals surface area contributed by atoms with E-state index < -0.39 is 0 Å². The molecule has 48 valence electrons. The number of hydrogen-bond donors (Lipinski definition) is 1. The minimum Gasteiger partial charge on any atom is -0.393 e. The van der Waals surface area contributed by atoms with Gasteiger partial charge in [-0.05, 0) is 6.42 Å². The van der Waals surface area contributed by atoms with Crippen LogP contribution in [0, 0.1) is 0 Å². The molecular weight excluding hydrogens is 104 g/mol. The van der Waals surface area contributed by atoms with Crippen LogP contribution in [0.1, 0.15) is 19.8 Å². The van der Waals surface area contributed by atoms with Crippen LogP contribution in [0.4, 0.5) is 0 Å².